The fourth-order valence-electron chi connectivity index (χ4n) is 0.917. The topological polar surface area (TPSA) is 44.7 Å². The number of nitrogens with zero attached hydrogens (tertiary/aromatic N) is 2. The maximum Gasteiger partial charge on any atom is 0.217 e. The van der Waals surface area contributed by atoms with Crippen LogP contribution in [0.2, 0.25) is 0 Å². The molecule has 0 aromatic carbocycles. The zero-order chi connectivity index (χ0) is 7.56. The highest BCUT2D eigenvalue weighted by atomic mass is 16.1. The summed E-state index contributed by atoms with van der Waals surface area (Å²) in [5.41, 5.74) is 0. The van der Waals surface area contributed by atoms with Crippen LogP contribution in [0.4, 0.5) is 0 Å². The quantitative estimate of drug-likeness (QED) is 0.531. The van der Waals surface area contributed by atoms with Crippen molar-refractivity contribution in [1.29, 1.82) is 0 Å². The van der Waals surface area contributed by atoms with Crippen molar-refractivity contribution in [2.45, 2.75) is 13.0 Å². The maximum atomic E-state index is 10.5. The summed E-state index contributed by atoms with van der Waals surface area (Å²) in [6.07, 6.45) is 1.74. The lowest BCUT2D eigenvalue weighted by Gasteiger charge is -2.09. The molecule has 1 atom stereocenters. The fraction of sp³-hybridized carbons (Fsp3) is 0.667. The summed E-state index contributed by atoms with van der Waals surface area (Å²) in [6.45, 7) is 2.28. The Kier molecular flexibility index (Phi) is 1.89. The number of hydrogen-bond acceptors (Lipinski definition) is 3. The fourth-order valence-corrected chi connectivity index (χ4v) is 0.917. The Bertz CT molecular complexity index is 166. The van der Waals surface area contributed by atoms with Gasteiger partial charge in [-0.05, 0) is 0 Å². The van der Waals surface area contributed by atoms with E-state index in [1.807, 2.05) is 7.05 Å². The molecule has 10 heavy (non-hydrogen) atoms. The molecule has 4 heteroatoms. The predicted octanol–water partition coefficient (Wildman–Crippen LogP) is -0.578. The Labute approximate surface area is 59.9 Å². The highest BCUT2D eigenvalue weighted by molar-refractivity contribution is 5.79. The third-order valence-electron chi connectivity index (χ3n) is 1.29. The number of carbonyl (C=O) groups excluding carboxylic acids is 1. The standard InChI is InChI=1S/C6H11N3O/c1-5(10)8-6-3-7-9(2)4-6/h3,6H,4H2,1-2H3,(H,8,10). The highest BCUT2D eigenvalue weighted by Gasteiger charge is 2.13. The molecule has 1 rings (SSSR count). The second kappa shape index (κ2) is 2.68. The summed E-state index contributed by atoms with van der Waals surface area (Å²) in [5, 5.41) is 8.50. The molecule has 0 aromatic rings. The molecule has 56 valence electrons. The second-order valence-corrected chi connectivity index (χ2v) is 2.41. The third kappa shape index (κ3) is 1.72. The van der Waals surface area contributed by atoms with Crippen LogP contribution in [-0.4, -0.2) is 36.8 Å². The highest BCUT2D eigenvalue weighted by Crippen LogP contribution is 1.95. The maximum absolute atomic E-state index is 10.5. The van der Waals surface area contributed by atoms with Gasteiger partial charge in [-0.2, -0.15) is 5.10 Å². The molecule has 1 unspecified atom stereocenters. The van der Waals surface area contributed by atoms with Crippen LogP contribution in [0, 0.1) is 0 Å². The van der Waals surface area contributed by atoms with Crippen LogP contribution in [0.5, 0.6) is 0 Å². The third-order valence-corrected chi connectivity index (χ3v) is 1.29. The molecule has 0 radical (unpaired) electrons. The Balaban J connectivity index is 2.33. The SMILES string of the molecule is CC(=O)NC1C=NN(C)C1. The lowest BCUT2D eigenvalue weighted by atomic mass is 10.3. The molecule has 0 saturated heterocycles. The van der Waals surface area contributed by atoms with E-state index in [1.54, 1.807) is 11.2 Å². The van der Waals surface area contributed by atoms with Crippen molar-refractivity contribution in [2.75, 3.05) is 13.6 Å². The van der Waals surface area contributed by atoms with Crippen LogP contribution in [0.25, 0.3) is 0 Å². The molecule has 1 heterocycles. The molecule has 1 aliphatic rings. The van der Waals surface area contributed by atoms with Crippen molar-refractivity contribution in [3.8, 4) is 0 Å². The Morgan fingerprint density at radius 2 is 2.60 bits per heavy atom. The van der Waals surface area contributed by atoms with E-state index in [9.17, 15) is 4.79 Å². The molecule has 0 saturated carbocycles. The Morgan fingerprint density at radius 3 is 3.00 bits per heavy atom. The minimum atomic E-state index is -0.00764. The van der Waals surface area contributed by atoms with Crippen LogP contribution in [-0.2, 0) is 4.79 Å². The van der Waals surface area contributed by atoms with E-state index in [0.717, 1.165) is 6.54 Å². The van der Waals surface area contributed by atoms with E-state index < -0.39 is 0 Å². The average Bonchev–Trinajstić information content (AvgIpc) is 2.13. The van der Waals surface area contributed by atoms with Crippen LogP contribution < -0.4 is 5.32 Å². The zero-order valence-electron chi connectivity index (χ0n) is 6.16. The van der Waals surface area contributed by atoms with Gasteiger partial charge < -0.3 is 5.32 Å². The summed E-state index contributed by atoms with van der Waals surface area (Å²) >= 11 is 0. The summed E-state index contributed by atoms with van der Waals surface area (Å²) in [5.74, 6) is -0.00764. The predicted molar refractivity (Wildman–Crippen MR) is 38.7 cm³/mol. The minimum absolute atomic E-state index is 0.00764. The molecule has 1 amide bonds. The van der Waals surface area contributed by atoms with Crippen molar-refractivity contribution in [3.05, 3.63) is 0 Å². The Morgan fingerprint density at radius 1 is 1.90 bits per heavy atom. The number of amides is 1. The molecule has 1 aliphatic heterocycles. The zero-order valence-corrected chi connectivity index (χ0v) is 6.16. The monoisotopic (exact) mass is 141 g/mol. The second-order valence-electron chi connectivity index (χ2n) is 2.41. The number of carbonyl (C=O) groups is 1. The molecule has 0 aliphatic carbocycles. The van der Waals surface area contributed by atoms with Crippen molar-refractivity contribution in [1.82, 2.24) is 10.3 Å². The molecule has 4 nitrogen and oxygen atoms in total. The molecule has 0 fully saturated rings. The van der Waals surface area contributed by atoms with Crippen molar-refractivity contribution in [2.24, 2.45) is 5.10 Å². The first-order valence-corrected chi connectivity index (χ1v) is 3.21. The lowest BCUT2D eigenvalue weighted by molar-refractivity contribution is -0.119. The molecule has 0 bridgehead atoms. The van der Waals surface area contributed by atoms with Crippen molar-refractivity contribution >= 4 is 12.1 Å². The molecule has 0 spiro atoms. The summed E-state index contributed by atoms with van der Waals surface area (Å²) in [4.78, 5) is 10.5. The molecule has 0 aromatic heterocycles. The van der Waals surface area contributed by atoms with Gasteiger partial charge in [-0.1, -0.05) is 0 Å². The van der Waals surface area contributed by atoms with E-state index in [4.69, 9.17) is 0 Å². The lowest BCUT2D eigenvalue weighted by Crippen LogP contribution is -2.37. The van der Waals surface area contributed by atoms with Crippen LogP contribution >= 0.6 is 0 Å². The first-order chi connectivity index (χ1) is 4.68. The van der Waals surface area contributed by atoms with Gasteiger partial charge in [-0.15, -0.1) is 0 Å². The number of hydrazone groups is 1. The average molecular weight is 141 g/mol. The molecular formula is C6H11N3O. The van der Waals surface area contributed by atoms with Crippen LogP contribution in [0.1, 0.15) is 6.92 Å². The van der Waals surface area contributed by atoms with Gasteiger partial charge in [-0.3, -0.25) is 9.80 Å². The smallest absolute Gasteiger partial charge is 0.217 e. The van der Waals surface area contributed by atoms with E-state index in [-0.39, 0.29) is 11.9 Å². The first kappa shape index (κ1) is 7.05. The van der Waals surface area contributed by atoms with E-state index in [1.165, 1.54) is 6.92 Å². The number of likely N-dealkylation sites (N-methyl/N-ethyl adjacent to an activating group) is 1. The van der Waals surface area contributed by atoms with Gasteiger partial charge in [0, 0.05) is 20.2 Å². The largest absolute Gasteiger partial charge is 0.347 e. The normalized spacial score (nSPS) is 23.4. The van der Waals surface area contributed by atoms with Gasteiger partial charge in [0.05, 0.1) is 12.6 Å². The molecule has 1 N–H and O–H groups in total. The van der Waals surface area contributed by atoms with E-state index in [0.29, 0.717) is 0 Å². The van der Waals surface area contributed by atoms with Crippen molar-refractivity contribution in [3.63, 3.8) is 0 Å². The van der Waals surface area contributed by atoms with Gasteiger partial charge in [0.1, 0.15) is 0 Å². The number of rotatable bonds is 1. The van der Waals surface area contributed by atoms with Crippen molar-refractivity contribution < 1.29 is 4.79 Å². The minimum Gasteiger partial charge on any atom is -0.347 e. The van der Waals surface area contributed by atoms with Gasteiger partial charge >= 0.3 is 0 Å². The summed E-state index contributed by atoms with van der Waals surface area (Å²) < 4.78 is 0. The summed E-state index contributed by atoms with van der Waals surface area (Å²) in [6, 6.07) is 0.0995. The van der Waals surface area contributed by atoms with Gasteiger partial charge in [-0.25, -0.2) is 0 Å². The Hall–Kier alpha value is -1.06. The number of nitrogens with one attached hydrogen (secondary N) is 1. The van der Waals surface area contributed by atoms with Crippen LogP contribution in [0.3, 0.4) is 0 Å². The molecular weight excluding hydrogens is 130 g/mol. The number of hydrogen-bond donors (Lipinski definition) is 1. The summed E-state index contributed by atoms with van der Waals surface area (Å²) in [7, 11) is 1.87. The van der Waals surface area contributed by atoms with Crippen LogP contribution in [0.15, 0.2) is 5.10 Å². The van der Waals surface area contributed by atoms with Gasteiger partial charge in [0.15, 0.2) is 0 Å². The van der Waals surface area contributed by atoms with Gasteiger partial charge in [0.25, 0.3) is 0 Å². The van der Waals surface area contributed by atoms with E-state index in [2.05, 4.69) is 10.4 Å². The first-order valence-electron chi connectivity index (χ1n) is 3.21. The van der Waals surface area contributed by atoms with E-state index >= 15 is 0 Å². The van der Waals surface area contributed by atoms with Gasteiger partial charge in [0.2, 0.25) is 5.91 Å².